The zero-order chi connectivity index (χ0) is 20.5. The van der Waals surface area contributed by atoms with E-state index in [2.05, 4.69) is 12.2 Å². The Kier molecular flexibility index (Phi) is 5.30. The largest absolute Gasteiger partial charge is 0.504 e. The molecule has 1 aliphatic carbocycles. The fourth-order valence-corrected chi connectivity index (χ4v) is 4.33. The number of nitro benzene ring substituents is 2. The third kappa shape index (κ3) is 3.54. The quantitative estimate of drug-likeness (QED) is 0.319. The molecule has 144 valence electrons. The zero-order valence-corrected chi connectivity index (χ0v) is 15.6. The Bertz CT molecular complexity index is 1030. The number of aromatic hydroxyl groups is 2. The molecule has 2 aliphatic rings. The number of nitrogens with zero attached hydrogens (tertiary/aromatic N) is 2. The van der Waals surface area contributed by atoms with Gasteiger partial charge in [0.25, 0.3) is 0 Å². The average Bonchev–Trinajstić information content (AvgIpc) is 3.39. The second-order valence-electron chi connectivity index (χ2n) is 5.87. The van der Waals surface area contributed by atoms with E-state index in [0.717, 1.165) is 11.6 Å². The first-order valence-electron chi connectivity index (χ1n) is 7.90. The van der Waals surface area contributed by atoms with Crippen molar-refractivity contribution in [2.24, 2.45) is 0 Å². The van der Waals surface area contributed by atoms with E-state index in [0.29, 0.717) is 5.25 Å². The minimum absolute atomic E-state index is 0.00690. The topological polar surface area (TPSA) is 127 Å². The van der Waals surface area contributed by atoms with Crippen molar-refractivity contribution in [1.82, 2.24) is 0 Å². The molecule has 10 heteroatoms. The number of phenolic OH excluding ortho intramolecular Hbond substituents is 2. The summed E-state index contributed by atoms with van der Waals surface area (Å²) < 4.78 is -0.141. The van der Waals surface area contributed by atoms with E-state index in [9.17, 15) is 30.4 Å². The lowest BCUT2D eigenvalue weighted by molar-refractivity contribution is -0.422. The van der Waals surface area contributed by atoms with Crippen molar-refractivity contribution >= 4 is 34.7 Å². The molecule has 28 heavy (non-hydrogen) atoms. The van der Waals surface area contributed by atoms with Gasteiger partial charge in [-0.3, -0.25) is 20.2 Å². The first-order chi connectivity index (χ1) is 13.3. The minimum Gasteiger partial charge on any atom is -0.504 e. The van der Waals surface area contributed by atoms with Crippen molar-refractivity contribution in [3.05, 3.63) is 91.5 Å². The Morgan fingerprint density at radius 1 is 1.04 bits per heavy atom. The van der Waals surface area contributed by atoms with Gasteiger partial charge in [-0.1, -0.05) is 54.1 Å². The predicted molar refractivity (Wildman–Crippen MR) is 106 cm³/mol. The van der Waals surface area contributed by atoms with Gasteiger partial charge in [0.15, 0.2) is 11.5 Å². The van der Waals surface area contributed by atoms with Crippen LogP contribution in [0.15, 0.2) is 60.7 Å². The SMILES string of the molecule is O=[N+]([O-])c1cccc(Cl)c1[N+](=O)[O-].Oc1cccc(C23C=CC=CC2S3)c1O. The van der Waals surface area contributed by atoms with E-state index in [1.54, 1.807) is 17.8 Å². The van der Waals surface area contributed by atoms with Gasteiger partial charge in [0, 0.05) is 16.9 Å². The first kappa shape index (κ1) is 19.7. The third-order valence-electron chi connectivity index (χ3n) is 4.21. The highest BCUT2D eigenvalue weighted by Gasteiger charge is 2.55. The van der Waals surface area contributed by atoms with Crippen LogP contribution in [0, 0.1) is 20.2 Å². The van der Waals surface area contributed by atoms with Crippen LogP contribution in [0.3, 0.4) is 0 Å². The van der Waals surface area contributed by atoms with Crippen molar-refractivity contribution in [3.63, 3.8) is 0 Å². The van der Waals surface area contributed by atoms with E-state index in [1.165, 1.54) is 18.2 Å². The van der Waals surface area contributed by atoms with Gasteiger partial charge >= 0.3 is 11.4 Å². The first-order valence-corrected chi connectivity index (χ1v) is 9.16. The molecule has 0 bridgehead atoms. The standard InChI is InChI=1S/C12H10O2S.C6H3ClN2O4/c13-9-5-3-4-8(11(9)14)12-7-2-1-6-10(12)15-12;7-4-2-1-3-5(8(10)11)6(4)9(12)13/h1-7,10,13-14H;1-3H. The number of benzene rings is 2. The van der Waals surface area contributed by atoms with Crippen LogP contribution in [-0.2, 0) is 4.75 Å². The van der Waals surface area contributed by atoms with E-state index in [-0.39, 0.29) is 21.3 Å². The molecule has 1 fully saturated rings. The summed E-state index contributed by atoms with van der Waals surface area (Å²) in [6.07, 6.45) is 8.20. The van der Waals surface area contributed by atoms with Crippen molar-refractivity contribution in [2.45, 2.75) is 10.00 Å². The fraction of sp³-hybridized carbons (Fsp3) is 0.111. The van der Waals surface area contributed by atoms with Gasteiger partial charge in [0.2, 0.25) is 0 Å². The van der Waals surface area contributed by atoms with Crippen molar-refractivity contribution < 1.29 is 20.1 Å². The number of rotatable bonds is 3. The van der Waals surface area contributed by atoms with E-state index < -0.39 is 21.2 Å². The summed E-state index contributed by atoms with van der Waals surface area (Å²) in [6, 6.07) is 8.68. The second-order valence-corrected chi connectivity index (χ2v) is 7.70. The number of fused-ring (bicyclic) bond motifs is 1. The summed E-state index contributed by atoms with van der Waals surface area (Å²) in [5, 5.41) is 40.1. The highest BCUT2D eigenvalue weighted by Crippen LogP contribution is 2.66. The van der Waals surface area contributed by atoms with E-state index in [4.69, 9.17) is 11.6 Å². The Morgan fingerprint density at radius 3 is 2.36 bits per heavy atom. The molecule has 2 unspecified atom stereocenters. The molecule has 0 spiro atoms. The van der Waals surface area contributed by atoms with E-state index >= 15 is 0 Å². The summed E-state index contributed by atoms with van der Waals surface area (Å²) in [4.78, 5) is 19.0. The highest BCUT2D eigenvalue weighted by atomic mass is 35.5. The Labute approximate surface area is 168 Å². The number of halogens is 1. The number of thioether (sulfide) groups is 1. The molecule has 1 saturated heterocycles. The molecular weight excluding hydrogens is 408 g/mol. The monoisotopic (exact) mass is 420 g/mol. The van der Waals surface area contributed by atoms with Gasteiger partial charge in [0.1, 0.15) is 5.02 Å². The van der Waals surface area contributed by atoms with Crippen LogP contribution >= 0.6 is 23.4 Å². The maximum absolute atomic E-state index is 10.4. The van der Waals surface area contributed by atoms with Gasteiger partial charge in [-0.15, -0.1) is 11.8 Å². The number of allylic oxidation sites excluding steroid dienone is 2. The van der Waals surface area contributed by atoms with Crippen LogP contribution in [0.2, 0.25) is 5.02 Å². The maximum atomic E-state index is 10.4. The lowest BCUT2D eigenvalue weighted by Gasteiger charge is -2.14. The number of hydrogen-bond acceptors (Lipinski definition) is 7. The van der Waals surface area contributed by atoms with Gasteiger partial charge in [-0.2, -0.15) is 0 Å². The molecule has 0 aromatic heterocycles. The number of para-hydroxylation sites is 2. The molecule has 1 heterocycles. The number of hydrogen-bond donors (Lipinski definition) is 2. The van der Waals surface area contributed by atoms with Gasteiger partial charge in [0.05, 0.1) is 14.6 Å². The molecular formula is C18H13ClN2O6S. The normalized spacial score (nSPS) is 21.2. The molecule has 2 aromatic rings. The van der Waals surface area contributed by atoms with Crippen LogP contribution in [-0.4, -0.2) is 25.3 Å². The Hall–Kier alpha value is -3.04. The molecule has 2 atom stereocenters. The van der Waals surface area contributed by atoms with Crippen molar-refractivity contribution in [3.8, 4) is 11.5 Å². The molecule has 0 radical (unpaired) electrons. The average molecular weight is 421 g/mol. The second kappa shape index (κ2) is 7.53. The maximum Gasteiger partial charge on any atom is 0.364 e. The van der Waals surface area contributed by atoms with Gasteiger partial charge in [-0.25, -0.2) is 0 Å². The smallest absolute Gasteiger partial charge is 0.364 e. The minimum atomic E-state index is -0.875. The van der Waals surface area contributed by atoms with Crippen LogP contribution < -0.4 is 0 Å². The lowest BCUT2D eigenvalue weighted by Crippen LogP contribution is -2.09. The summed E-state index contributed by atoms with van der Waals surface area (Å²) in [5.74, 6) is -0.0384. The van der Waals surface area contributed by atoms with Gasteiger partial charge in [-0.05, 0) is 12.1 Å². The summed E-state index contributed by atoms with van der Waals surface area (Å²) in [6.45, 7) is 0. The van der Waals surface area contributed by atoms with Crippen LogP contribution in [0.5, 0.6) is 11.5 Å². The number of phenols is 2. The molecule has 0 amide bonds. The molecule has 1 aliphatic heterocycles. The summed E-state index contributed by atoms with van der Waals surface area (Å²) >= 11 is 7.20. The Balaban J connectivity index is 0.000000163. The summed E-state index contributed by atoms with van der Waals surface area (Å²) in [5.41, 5.74) is -0.468. The predicted octanol–water partition coefficient (Wildman–Crippen LogP) is 4.69. The number of nitro groups is 2. The lowest BCUT2D eigenvalue weighted by atomic mass is 9.91. The fourth-order valence-electron chi connectivity index (χ4n) is 2.84. The van der Waals surface area contributed by atoms with E-state index in [1.807, 2.05) is 18.2 Å². The Morgan fingerprint density at radius 2 is 1.75 bits per heavy atom. The van der Waals surface area contributed by atoms with Crippen molar-refractivity contribution in [2.75, 3.05) is 0 Å². The highest BCUT2D eigenvalue weighted by molar-refractivity contribution is 8.08. The zero-order valence-electron chi connectivity index (χ0n) is 14.1. The van der Waals surface area contributed by atoms with Crippen molar-refractivity contribution in [1.29, 1.82) is 0 Å². The molecule has 4 rings (SSSR count). The molecule has 0 saturated carbocycles. The molecule has 8 nitrogen and oxygen atoms in total. The molecule has 2 N–H and O–H groups in total. The van der Waals surface area contributed by atoms with Crippen LogP contribution in [0.25, 0.3) is 0 Å². The van der Waals surface area contributed by atoms with Crippen LogP contribution in [0.4, 0.5) is 11.4 Å². The summed E-state index contributed by atoms with van der Waals surface area (Å²) in [7, 11) is 0. The molecule has 2 aromatic carbocycles. The van der Waals surface area contributed by atoms with Crippen LogP contribution in [0.1, 0.15) is 5.56 Å². The third-order valence-corrected chi connectivity index (χ3v) is 6.04. The van der Waals surface area contributed by atoms with Gasteiger partial charge < -0.3 is 10.2 Å².